The fraction of sp³-hybridized carbons (Fsp3) is 0.0625. The highest BCUT2D eigenvalue weighted by Gasteiger charge is 2.10. The largest absolute Gasteiger partial charge is 0.398 e. The first-order chi connectivity index (χ1) is 11.1. The van der Waals surface area contributed by atoms with Gasteiger partial charge in [0.05, 0.1) is 22.8 Å². The highest BCUT2D eigenvalue weighted by Crippen LogP contribution is 2.29. The van der Waals surface area contributed by atoms with Crippen LogP contribution >= 0.6 is 22.9 Å². The molecule has 0 fully saturated rings. The molecule has 0 aliphatic carbocycles. The number of carbonyl (C=O) groups is 1. The number of amides is 1. The summed E-state index contributed by atoms with van der Waals surface area (Å²) < 4.78 is 0. The Labute approximate surface area is 142 Å². The third kappa shape index (κ3) is 3.85. The summed E-state index contributed by atoms with van der Waals surface area (Å²) in [7, 11) is 0. The average molecular weight is 345 g/mol. The number of anilines is 2. The van der Waals surface area contributed by atoms with Gasteiger partial charge >= 0.3 is 0 Å². The lowest BCUT2D eigenvalue weighted by Gasteiger charge is -2.02. The number of nitrogen functional groups attached to an aromatic ring is 1. The van der Waals surface area contributed by atoms with Gasteiger partial charge in [-0.1, -0.05) is 23.7 Å². The minimum atomic E-state index is -0.156. The first kappa shape index (κ1) is 15.5. The Morgan fingerprint density at radius 1 is 1.30 bits per heavy atom. The van der Waals surface area contributed by atoms with Crippen molar-refractivity contribution in [3.63, 3.8) is 0 Å². The van der Waals surface area contributed by atoms with Crippen LogP contribution in [0, 0.1) is 0 Å². The van der Waals surface area contributed by atoms with Crippen LogP contribution in [0.1, 0.15) is 5.69 Å². The van der Waals surface area contributed by atoms with Crippen molar-refractivity contribution in [1.82, 2.24) is 9.97 Å². The predicted molar refractivity (Wildman–Crippen MR) is 93.5 cm³/mol. The van der Waals surface area contributed by atoms with Crippen LogP contribution in [0.25, 0.3) is 10.6 Å². The fourth-order valence-corrected chi connectivity index (χ4v) is 2.92. The summed E-state index contributed by atoms with van der Waals surface area (Å²) in [5.74, 6) is 0.370. The molecule has 1 amide bonds. The lowest BCUT2D eigenvalue weighted by atomic mass is 10.2. The van der Waals surface area contributed by atoms with Crippen molar-refractivity contribution >= 4 is 40.4 Å². The van der Waals surface area contributed by atoms with Gasteiger partial charge in [0.1, 0.15) is 10.8 Å². The molecule has 2 heterocycles. The first-order valence-corrected chi connectivity index (χ1v) is 8.08. The fourth-order valence-electron chi connectivity index (χ4n) is 1.99. The standard InChI is InChI=1S/C16H13ClN4OS/c17-12-5-4-10(7-13(12)18)16-20-11(9-23-16)8-15(22)21-14-3-1-2-6-19-14/h1-7,9H,8,18H2,(H,19,21,22). The van der Waals surface area contributed by atoms with Crippen LogP contribution in [0.2, 0.25) is 5.02 Å². The van der Waals surface area contributed by atoms with Gasteiger partial charge in [0.15, 0.2) is 0 Å². The topological polar surface area (TPSA) is 80.9 Å². The van der Waals surface area contributed by atoms with Crippen LogP contribution in [-0.2, 0) is 11.2 Å². The third-order valence-corrected chi connectivity index (χ3v) is 4.35. The zero-order valence-corrected chi connectivity index (χ0v) is 13.6. The number of thiazole rings is 1. The molecule has 5 nitrogen and oxygen atoms in total. The molecular weight excluding hydrogens is 332 g/mol. The number of nitrogens with one attached hydrogen (secondary N) is 1. The molecule has 2 aromatic heterocycles. The summed E-state index contributed by atoms with van der Waals surface area (Å²) in [6.45, 7) is 0. The Kier molecular flexibility index (Phi) is 4.55. The van der Waals surface area contributed by atoms with Crippen molar-refractivity contribution in [2.75, 3.05) is 11.1 Å². The number of nitrogens with two attached hydrogens (primary N) is 1. The lowest BCUT2D eigenvalue weighted by molar-refractivity contribution is -0.115. The maximum absolute atomic E-state index is 12.0. The second-order valence-electron chi connectivity index (χ2n) is 4.82. The molecule has 0 bridgehead atoms. The molecule has 3 N–H and O–H groups in total. The molecule has 7 heteroatoms. The van der Waals surface area contributed by atoms with Crippen LogP contribution < -0.4 is 11.1 Å². The van der Waals surface area contributed by atoms with E-state index >= 15 is 0 Å². The van der Waals surface area contributed by atoms with Crippen molar-refractivity contribution in [2.24, 2.45) is 0 Å². The Bertz CT molecular complexity index is 835. The molecule has 3 aromatic rings. The van der Waals surface area contributed by atoms with E-state index in [1.165, 1.54) is 11.3 Å². The zero-order valence-electron chi connectivity index (χ0n) is 12.0. The molecule has 0 atom stereocenters. The molecule has 1 aromatic carbocycles. The molecule has 0 spiro atoms. The quantitative estimate of drug-likeness (QED) is 0.708. The molecule has 0 radical (unpaired) electrons. The molecule has 23 heavy (non-hydrogen) atoms. The monoisotopic (exact) mass is 344 g/mol. The van der Waals surface area contributed by atoms with Crippen molar-refractivity contribution in [3.05, 3.63) is 58.7 Å². The molecular formula is C16H13ClN4OS. The smallest absolute Gasteiger partial charge is 0.231 e. The molecule has 0 saturated heterocycles. The summed E-state index contributed by atoms with van der Waals surface area (Å²) in [5.41, 5.74) is 7.90. The van der Waals surface area contributed by atoms with E-state index < -0.39 is 0 Å². The lowest BCUT2D eigenvalue weighted by Crippen LogP contribution is -2.15. The Morgan fingerprint density at radius 2 is 2.17 bits per heavy atom. The van der Waals surface area contributed by atoms with Crippen LogP contribution in [0.4, 0.5) is 11.5 Å². The van der Waals surface area contributed by atoms with E-state index in [0.717, 1.165) is 10.6 Å². The minimum Gasteiger partial charge on any atom is -0.398 e. The van der Waals surface area contributed by atoms with Gasteiger partial charge in [-0.25, -0.2) is 9.97 Å². The van der Waals surface area contributed by atoms with E-state index in [-0.39, 0.29) is 12.3 Å². The number of halogens is 1. The van der Waals surface area contributed by atoms with Gasteiger partial charge < -0.3 is 11.1 Å². The van der Waals surface area contributed by atoms with Gasteiger partial charge in [-0.2, -0.15) is 0 Å². The van der Waals surface area contributed by atoms with E-state index in [0.29, 0.717) is 22.2 Å². The van der Waals surface area contributed by atoms with Gasteiger partial charge in [0.25, 0.3) is 0 Å². The number of hydrogen-bond acceptors (Lipinski definition) is 5. The van der Waals surface area contributed by atoms with Crippen molar-refractivity contribution in [1.29, 1.82) is 0 Å². The summed E-state index contributed by atoms with van der Waals surface area (Å²) >= 11 is 7.38. The summed E-state index contributed by atoms with van der Waals surface area (Å²) in [4.78, 5) is 20.5. The van der Waals surface area contributed by atoms with E-state index in [4.69, 9.17) is 17.3 Å². The number of benzene rings is 1. The van der Waals surface area contributed by atoms with E-state index in [1.54, 1.807) is 30.5 Å². The second-order valence-corrected chi connectivity index (χ2v) is 6.09. The molecule has 0 unspecified atom stereocenters. The summed E-state index contributed by atoms with van der Waals surface area (Å²) in [6, 6.07) is 10.7. The summed E-state index contributed by atoms with van der Waals surface area (Å²) in [5, 5.41) is 5.91. The maximum atomic E-state index is 12.0. The van der Waals surface area contributed by atoms with E-state index in [2.05, 4.69) is 15.3 Å². The minimum absolute atomic E-state index is 0.156. The van der Waals surface area contributed by atoms with Gasteiger partial charge in [0, 0.05) is 17.1 Å². The number of carbonyl (C=O) groups excluding carboxylic acids is 1. The van der Waals surface area contributed by atoms with Crippen LogP contribution in [0.15, 0.2) is 48.0 Å². The number of rotatable bonds is 4. The van der Waals surface area contributed by atoms with Crippen molar-refractivity contribution < 1.29 is 4.79 Å². The number of nitrogens with zero attached hydrogens (tertiary/aromatic N) is 2. The Hall–Kier alpha value is -2.44. The molecule has 0 saturated carbocycles. The normalized spacial score (nSPS) is 10.5. The summed E-state index contributed by atoms with van der Waals surface area (Å²) in [6.07, 6.45) is 1.82. The van der Waals surface area contributed by atoms with E-state index in [1.807, 2.05) is 17.5 Å². The first-order valence-electron chi connectivity index (χ1n) is 6.82. The Morgan fingerprint density at radius 3 is 2.91 bits per heavy atom. The molecule has 116 valence electrons. The Balaban J connectivity index is 1.69. The SMILES string of the molecule is Nc1cc(-c2nc(CC(=O)Nc3ccccn3)cs2)ccc1Cl. The van der Waals surface area contributed by atoms with Crippen LogP contribution in [-0.4, -0.2) is 15.9 Å². The number of aromatic nitrogens is 2. The maximum Gasteiger partial charge on any atom is 0.231 e. The number of hydrogen-bond donors (Lipinski definition) is 2. The van der Waals surface area contributed by atoms with Crippen molar-refractivity contribution in [2.45, 2.75) is 6.42 Å². The molecule has 0 aliphatic rings. The van der Waals surface area contributed by atoms with Gasteiger partial charge in [-0.3, -0.25) is 4.79 Å². The van der Waals surface area contributed by atoms with Gasteiger partial charge in [0.2, 0.25) is 5.91 Å². The third-order valence-electron chi connectivity index (χ3n) is 3.07. The zero-order chi connectivity index (χ0) is 16.2. The van der Waals surface area contributed by atoms with Gasteiger partial charge in [-0.05, 0) is 24.3 Å². The van der Waals surface area contributed by atoms with Gasteiger partial charge in [-0.15, -0.1) is 11.3 Å². The van der Waals surface area contributed by atoms with Crippen LogP contribution in [0.5, 0.6) is 0 Å². The second kappa shape index (κ2) is 6.76. The van der Waals surface area contributed by atoms with E-state index in [9.17, 15) is 4.79 Å². The molecule has 0 aliphatic heterocycles. The number of pyridine rings is 1. The predicted octanol–water partition coefficient (Wildman–Crippen LogP) is 3.62. The molecule has 3 rings (SSSR count). The highest BCUT2D eigenvalue weighted by molar-refractivity contribution is 7.13. The highest BCUT2D eigenvalue weighted by atomic mass is 35.5. The average Bonchev–Trinajstić information content (AvgIpc) is 2.99. The van der Waals surface area contributed by atoms with Crippen LogP contribution in [0.3, 0.4) is 0 Å². The van der Waals surface area contributed by atoms with Crippen molar-refractivity contribution in [3.8, 4) is 10.6 Å².